The lowest BCUT2D eigenvalue weighted by atomic mass is 10.0. The maximum Gasteiger partial charge on any atom is 0.194 e. The van der Waals surface area contributed by atoms with E-state index < -0.39 is 0 Å². The van der Waals surface area contributed by atoms with E-state index in [1.54, 1.807) is 0 Å². The third-order valence-electron chi connectivity index (χ3n) is 4.53. The fraction of sp³-hybridized carbons (Fsp3) is 0.286. The molecular formula is C21H24N2O3. The van der Waals surface area contributed by atoms with Crippen molar-refractivity contribution in [2.24, 2.45) is 0 Å². The van der Waals surface area contributed by atoms with Crippen molar-refractivity contribution in [1.82, 2.24) is 9.88 Å². The van der Waals surface area contributed by atoms with Gasteiger partial charge in [-0.1, -0.05) is 42.0 Å². The van der Waals surface area contributed by atoms with Crippen molar-refractivity contribution in [3.8, 4) is 11.3 Å². The number of hydrogen-bond acceptors (Lipinski definition) is 4. The minimum absolute atomic E-state index is 0.0119. The molecular weight excluding hydrogens is 328 g/mol. The van der Waals surface area contributed by atoms with Gasteiger partial charge in [-0.15, -0.1) is 0 Å². The number of aliphatic hydroxyl groups excluding tert-OH is 2. The van der Waals surface area contributed by atoms with Gasteiger partial charge in [0.2, 0.25) is 0 Å². The van der Waals surface area contributed by atoms with Gasteiger partial charge in [-0.25, -0.2) is 0 Å². The highest BCUT2D eigenvalue weighted by molar-refractivity contribution is 5.83. The van der Waals surface area contributed by atoms with Crippen LogP contribution < -0.4 is 5.43 Å². The fourth-order valence-corrected chi connectivity index (χ4v) is 3.22. The lowest BCUT2D eigenvalue weighted by molar-refractivity contribution is 0.155. The summed E-state index contributed by atoms with van der Waals surface area (Å²) in [5.41, 5.74) is 4.20. The van der Waals surface area contributed by atoms with Crippen LogP contribution in [0.2, 0.25) is 0 Å². The number of pyridine rings is 1. The highest BCUT2D eigenvalue weighted by Gasteiger charge is 2.16. The number of aromatic nitrogens is 1. The molecule has 0 aliphatic heterocycles. The lowest BCUT2D eigenvalue weighted by Gasteiger charge is -2.22. The van der Waals surface area contributed by atoms with Gasteiger partial charge in [0.15, 0.2) is 5.43 Å². The minimum atomic E-state index is -0.0226. The molecule has 0 amide bonds. The van der Waals surface area contributed by atoms with Crippen LogP contribution in [-0.2, 0) is 6.54 Å². The van der Waals surface area contributed by atoms with E-state index in [0.29, 0.717) is 30.6 Å². The number of rotatable bonds is 7. The first-order valence-electron chi connectivity index (χ1n) is 8.79. The van der Waals surface area contributed by atoms with Gasteiger partial charge in [0.05, 0.1) is 18.9 Å². The van der Waals surface area contributed by atoms with Crippen LogP contribution in [0, 0.1) is 6.92 Å². The van der Waals surface area contributed by atoms with Crippen LogP contribution >= 0.6 is 0 Å². The Morgan fingerprint density at radius 2 is 1.69 bits per heavy atom. The molecule has 0 unspecified atom stereocenters. The van der Waals surface area contributed by atoms with Crippen LogP contribution in [0.25, 0.3) is 22.2 Å². The number of H-pyrrole nitrogens is 1. The standard InChI is InChI=1S/C21H24N2O3/c1-15-7-8-19-17(13-15)21(26)18(14-23(9-11-24)10-12-25)20(22-19)16-5-3-2-4-6-16/h2-8,13,24-25H,9-12,14H2,1H3,(H,22,26). The summed E-state index contributed by atoms with van der Waals surface area (Å²) in [7, 11) is 0. The van der Waals surface area contributed by atoms with Crippen molar-refractivity contribution in [2.45, 2.75) is 13.5 Å². The van der Waals surface area contributed by atoms with Gasteiger partial charge in [0.1, 0.15) is 0 Å². The summed E-state index contributed by atoms with van der Waals surface area (Å²) in [6.07, 6.45) is 0. The normalized spacial score (nSPS) is 11.4. The van der Waals surface area contributed by atoms with E-state index in [0.717, 1.165) is 22.3 Å². The predicted molar refractivity (Wildman–Crippen MR) is 104 cm³/mol. The number of benzene rings is 2. The molecule has 0 saturated carbocycles. The molecule has 26 heavy (non-hydrogen) atoms. The van der Waals surface area contributed by atoms with Crippen LogP contribution in [0.4, 0.5) is 0 Å². The molecule has 2 aromatic carbocycles. The van der Waals surface area contributed by atoms with Gasteiger partial charge >= 0.3 is 0 Å². The Kier molecular flexibility index (Phi) is 5.83. The molecule has 0 saturated heterocycles. The lowest BCUT2D eigenvalue weighted by Crippen LogP contribution is -2.32. The number of fused-ring (bicyclic) bond motifs is 1. The highest BCUT2D eigenvalue weighted by Crippen LogP contribution is 2.24. The monoisotopic (exact) mass is 352 g/mol. The molecule has 3 aromatic rings. The molecule has 0 aliphatic rings. The summed E-state index contributed by atoms with van der Waals surface area (Å²) in [6.45, 7) is 3.09. The number of aliphatic hydroxyl groups is 2. The second-order valence-corrected chi connectivity index (χ2v) is 6.45. The molecule has 1 aromatic heterocycles. The second kappa shape index (κ2) is 8.27. The Morgan fingerprint density at radius 1 is 1.00 bits per heavy atom. The van der Waals surface area contributed by atoms with Gasteiger partial charge in [0, 0.05) is 36.1 Å². The summed E-state index contributed by atoms with van der Waals surface area (Å²) in [6, 6.07) is 15.6. The van der Waals surface area contributed by atoms with E-state index in [4.69, 9.17) is 0 Å². The Bertz CT molecular complexity index is 929. The largest absolute Gasteiger partial charge is 0.395 e. The molecule has 5 nitrogen and oxygen atoms in total. The maximum atomic E-state index is 13.2. The van der Waals surface area contributed by atoms with Crippen molar-refractivity contribution in [2.75, 3.05) is 26.3 Å². The molecule has 0 spiro atoms. The van der Waals surface area contributed by atoms with Crippen molar-refractivity contribution in [3.63, 3.8) is 0 Å². The topological polar surface area (TPSA) is 76.6 Å². The SMILES string of the molecule is Cc1ccc2[nH]c(-c3ccccc3)c(CN(CCO)CCO)c(=O)c2c1. The molecule has 0 aliphatic carbocycles. The first-order chi connectivity index (χ1) is 12.6. The zero-order chi connectivity index (χ0) is 18.5. The Balaban J connectivity index is 2.19. The summed E-state index contributed by atoms with van der Waals surface area (Å²) >= 11 is 0. The number of aryl methyl sites for hydroxylation is 1. The van der Waals surface area contributed by atoms with E-state index in [-0.39, 0.29) is 18.6 Å². The number of nitrogens with one attached hydrogen (secondary N) is 1. The molecule has 0 radical (unpaired) electrons. The Morgan fingerprint density at radius 3 is 2.35 bits per heavy atom. The van der Waals surface area contributed by atoms with E-state index in [9.17, 15) is 15.0 Å². The molecule has 0 atom stereocenters. The first kappa shape index (κ1) is 18.3. The Labute approximate surface area is 152 Å². The summed E-state index contributed by atoms with van der Waals surface area (Å²) in [5, 5.41) is 19.3. The van der Waals surface area contributed by atoms with E-state index >= 15 is 0 Å². The number of hydrogen-bond donors (Lipinski definition) is 3. The molecule has 1 heterocycles. The van der Waals surface area contributed by atoms with Crippen LogP contribution in [0.1, 0.15) is 11.1 Å². The van der Waals surface area contributed by atoms with E-state index in [1.807, 2.05) is 60.4 Å². The van der Waals surface area contributed by atoms with Gasteiger partial charge in [0.25, 0.3) is 0 Å². The highest BCUT2D eigenvalue weighted by atomic mass is 16.3. The molecule has 0 fully saturated rings. The maximum absolute atomic E-state index is 13.2. The van der Waals surface area contributed by atoms with Crippen LogP contribution in [0.15, 0.2) is 53.3 Å². The average Bonchev–Trinajstić information content (AvgIpc) is 2.65. The zero-order valence-electron chi connectivity index (χ0n) is 14.9. The molecule has 3 rings (SSSR count). The van der Waals surface area contributed by atoms with Crippen LogP contribution in [0.3, 0.4) is 0 Å². The predicted octanol–water partition coefficient (Wildman–Crippen LogP) is 2.29. The number of aromatic amines is 1. The molecule has 5 heteroatoms. The van der Waals surface area contributed by atoms with Gasteiger partial charge in [-0.2, -0.15) is 0 Å². The van der Waals surface area contributed by atoms with E-state index in [1.165, 1.54) is 0 Å². The molecule has 0 bridgehead atoms. The summed E-state index contributed by atoms with van der Waals surface area (Å²) in [4.78, 5) is 18.6. The zero-order valence-corrected chi connectivity index (χ0v) is 14.9. The fourth-order valence-electron chi connectivity index (χ4n) is 3.22. The van der Waals surface area contributed by atoms with Gasteiger partial charge in [-0.05, 0) is 24.6 Å². The van der Waals surface area contributed by atoms with Crippen molar-refractivity contribution in [1.29, 1.82) is 0 Å². The summed E-state index contributed by atoms with van der Waals surface area (Å²) in [5.74, 6) is 0. The Hall–Kier alpha value is -2.47. The minimum Gasteiger partial charge on any atom is -0.395 e. The number of nitrogens with zero attached hydrogens (tertiary/aromatic N) is 1. The van der Waals surface area contributed by atoms with Crippen molar-refractivity contribution in [3.05, 3.63) is 69.9 Å². The average molecular weight is 352 g/mol. The van der Waals surface area contributed by atoms with E-state index in [2.05, 4.69) is 4.98 Å². The van der Waals surface area contributed by atoms with Crippen LogP contribution in [0.5, 0.6) is 0 Å². The molecule has 3 N–H and O–H groups in total. The van der Waals surface area contributed by atoms with Crippen molar-refractivity contribution >= 4 is 10.9 Å². The third kappa shape index (κ3) is 3.85. The van der Waals surface area contributed by atoms with Crippen molar-refractivity contribution < 1.29 is 10.2 Å². The van der Waals surface area contributed by atoms with Gasteiger partial charge < -0.3 is 15.2 Å². The first-order valence-corrected chi connectivity index (χ1v) is 8.79. The van der Waals surface area contributed by atoms with Gasteiger partial charge in [-0.3, -0.25) is 9.69 Å². The van der Waals surface area contributed by atoms with Crippen LogP contribution in [-0.4, -0.2) is 46.4 Å². The molecule has 136 valence electrons. The summed E-state index contributed by atoms with van der Waals surface area (Å²) < 4.78 is 0. The second-order valence-electron chi connectivity index (χ2n) is 6.45. The third-order valence-corrected chi connectivity index (χ3v) is 4.53. The quantitative estimate of drug-likeness (QED) is 0.610. The smallest absolute Gasteiger partial charge is 0.194 e.